The van der Waals surface area contributed by atoms with Crippen LogP contribution in [0.25, 0.3) is 0 Å². The third-order valence-electron chi connectivity index (χ3n) is 4.98. The molecule has 0 aromatic heterocycles. The topological polar surface area (TPSA) is 111 Å². The Kier molecular flexibility index (Phi) is 5.52. The standard InChI is InChI=1S/C20H24N2O7/c1-21-29-18-6-11(5-17(25-2)20(18)24)12-8-19(22-3-4-23)28-14-9-16-15(7-13(12)14)26-10-27-16/h5-7,9,12,19,21-24H,3-4,8,10H2,1-2H3. The molecule has 0 saturated heterocycles. The molecule has 156 valence electrons. The number of aliphatic hydroxyl groups excluding tert-OH is 1. The average molecular weight is 404 g/mol. The molecule has 2 heterocycles. The molecule has 4 rings (SSSR count). The molecular formula is C20H24N2O7. The highest BCUT2D eigenvalue weighted by atomic mass is 16.7. The van der Waals surface area contributed by atoms with Crippen LogP contribution in [0.4, 0.5) is 0 Å². The van der Waals surface area contributed by atoms with E-state index in [1.165, 1.54) is 7.11 Å². The van der Waals surface area contributed by atoms with Crippen molar-refractivity contribution in [1.29, 1.82) is 0 Å². The summed E-state index contributed by atoms with van der Waals surface area (Å²) in [5, 5.41) is 22.7. The van der Waals surface area contributed by atoms with Crippen molar-refractivity contribution in [3.8, 4) is 34.5 Å². The van der Waals surface area contributed by atoms with Gasteiger partial charge in [0.25, 0.3) is 0 Å². The van der Waals surface area contributed by atoms with E-state index >= 15 is 0 Å². The predicted octanol–water partition coefficient (Wildman–Crippen LogP) is 1.47. The van der Waals surface area contributed by atoms with E-state index in [0.717, 1.165) is 11.1 Å². The van der Waals surface area contributed by atoms with E-state index in [4.69, 9.17) is 23.8 Å². The Morgan fingerprint density at radius 2 is 1.86 bits per heavy atom. The van der Waals surface area contributed by atoms with Crippen LogP contribution in [0.15, 0.2) is 24.3 Å². The highest BCUT2D eigenvalue weighted by Crippen LogP contribution is 2.49. The van der Waals surface area contributed by atoms with Crippen molar-refractivity contribution >= 4 is 0 Å². The van der Waals surface area contributed by atoms with Crippen LogP contribution >= 0.6 is 0 Å². The molecule has 9 heteroatoms. The number of nitrogens with one attached hydrogen (secondary N) is 2. The van der Waals surface area contributed by atoms with Crippen LogP contribution in [0, 0.1) is 0 Å². The van der Waals surface area contributed by atoms with Crippen molar-refractivity contribution in [2.45, 2.75) is 18.6 Å². The number of fused-ring (bicyclic) bond motifs is 2. The molecule has 0 radical (unpaired) electrons. The van der Waals surface area contributed by atoms with Crippen molar-refractivity contribution in [2.75, 3.05) is 34.1 Å². The van der Waals surface area contributed by atoms with E-state index < -0.39 is 0 Å². The lowest BCUT2D eigenvalue weighted by atomic mass is 9.85. The van der Waals surface area contributed by atoms with Gasteiger partial charge in [0.15, 0.2) is 29.2 Å². The molecule has 0 fully saturated rings. The molecule has 9 nitrogen and oxygen atoms in total. The fourth-order valence-corrected chi connectivity index (χ4v) is 3.67. The Bertz CT molecular complexity index is 890. The number of benzene rings is 2. The first-order chi connectivity index (χ1) is 14.1. The Morgan fingerprint density at radius 1 is 1.10 bits per heavy atom. The number of hydrogen-bond acceptors (Lipinski definition) is 9. The average Bonchev–Trinajstić information content (AvgIpc) is 3.19. The number of aliphatic hydroxyl groups is 1. The molecular weight excluding hydrogens is 380 g/mol. The SMILES string of the molecule is CNOc1cc(C2CC(NCCO)Oc3cc4c(cc32)OCO4)cc(OC)c1O. The van der Waals surface area contributed by atoms with Gasteiger partial charge in [0.1, 0.15) is 5.75 Å². The zero-order chi connectivity index (χ0) is 20.4. The predicted molar refractivity (Wildman–Crippen MR) is 103 cm³/mol. The van der Waals surface area contributed by atoms with Gasteiger partial charge in [-0.05, 0) is 23.8 Å². The molecule has 0 saturated carbocycles. The quantitative estimate of drug-likeness (QED) is 0.510. The summed E-state index contributed by atoms with van der Waals surface area (Å²) >= 11 is 0. The summed E-state index contributed by atoms with van der Waals surface area (Å²) in [5.74, 6) is 2.35. The fourth-order valence-electron chi connectivity index (χ4n) is 3.67. The largest absolute Gasteiger partial charge is 0.502 e. The van der Waals surface area contributed by atoms with Crippen molar-refractivity contribution in [3.05, 3.63) is 35.4 Å². The van der Waals surface area contributed by atoms with Gasteiger partial charge in [0.2, 0.25) is 12.5 Å². The van der Waals surface area contributed by atoms with Gasteiger partial charge in [0.05, 0.1) is 13.7 Å². The van der Waals surface area contributed by atoms with Crippen LogP contribution in [0.3, 0.4) is 0 Å². The van der Waals surface area contributed by atoms with Gasteiger partial charge in [0, 0.05) is 37.6 Å². The number of hydroxylamine groups is 1. The molecule has 0 bridgehead atoms. The highest BCUT2D eigenvalue weighted by Gasteiger charge is 2.33. The van der Waals surface area contributed by atoms with E-state index in [2.05, 4.69) is 10.8 Å². The minimum atomic E-state index is -0.312. The second-order valence-electron chi connectivity index (χ2n) is 6.69. The van der Waals surface area contributed by atoms with Crippen LogP contribution < -0.4 is 34.6 Å². The van der Waals surface area contributed by atoms with Gasteiger partial charge < -0.3 is 34.0 Å². The number of rotatable bonds is 7. The van der Waals surface area contributed by atoms with Gasteiger partial charge >= 0.3 is 0 Å². The first-order valence-electron chi connectivity index (χ1n) is 9.33. The Hall–Kier alpha value is -2.88. The van der Waals surface area contributed by atoms with Gasteiger partial charge in [-0.3, -0.25) is 5.32 Å². The number of ether oxygens (including phenoxy) is 4. The number of phenols is 1. The monoisotopic (exact) mass is 404 g/mol. The van der Waals surface area contributed by atoms with Crippen LogP contribution in [0.1, 0.15) is 23.5 Å². The molecule has 2 aromatic rings. The lowest BCUT2D eigenvalue weighted by Gasteiger charge is -2.33. The van der Waals surface area contributed by atoms with Gasteiger partial charge in [-0.2, -0.15) is 5.48 Å². The Labute approximate surface area is 168 Å². The van der Waals surface area contributed by atoms with Gasteiger partial charge in [-0.25, -0.2) is 0 Å². The minimum Gasteiger partial charge on any atom is -0.502 e. The van der Waals surface area contributed by atoms with E-state index in [0.29, 0.717) is 36.0 Å². The lowest BCUT2D eigenvalue weighted by Crippen LogP contribution is -2.40. The Balaban J connectivity index is 1.78. The molecule has 2 aliphatic heterocycles. The molecule has 2 atom stereocenters. The highest BCUT2D eigenvalue weighted by molar-refractivity contribution is 5.59. The molecule has 4 N–H and O–H groups in total. The zero-order valence-corrected chi connectivity index (χ0v) is 16.2. The number of methoxy groups -OCH3 is 1. The second kappa shape index (κ2) is 8.24. The molecule has 2 aliphatic rings. The Morgan fingerprint density at radius 3 is 2.59 bits per heavy atom. The summed E-state index contributed by atoms with van der Waals surface area (Å²) in [6, 6.07) is 7.29. The third-order valence-corrected chi connectivity index (χ3v) is 4.98. The van der Waals surface area contributed by atoms with Gasteiger partial charge in [-0.1, -0.05) is 0 Å². The van der Waals surface area contributed by atoms with Crippen molar-refractivity contribution in [3.63, 3.8) is 0 Å². The maximum absolute atomic E-state index is 10.3. The van der Waals surface area contributed by atoms with Gasteiger partial charge in [-0.15, -0.1) is 0 Å². The fraction of sp³-hybridized carbons (Fsp3) is 0.400. The van der Waals surface area contributed by atoms with Crippen LogP contribution in [-0.4, -0.2) is 50.5 Å². The van der Waals surface area contributed by atoms with E-state index in [1.54, 1.807) is 19.2 Å². The van der Waals surface area contributed by atoms with Crippen molar-refractivity contribution in [2.24, 2.45) is 0 Å². The summed E-state index contributed by atoms with van der Waals surface area (Å²) in [7, 11) is 3.10. The van der Waals surface area contributed by atoms with Crippen molar-refractivity contribution in [1.82, 2.24) is 10.8 Å². The van der Waals surface area contributed by atoms with Crippen LogP contribution in [-0.2, 0) is 0 Å². The van der Waals surface area contributed by atoms with Crippen LogP contribution in [0.2, 0.25) is 0 Å². The summed E-state index contributed by atoms with van der Waals surface area (Å²) in [5.41, 5.74) is 4.39. The zero-order valence-electron chi connectivity index (χ0n) is 16.2. The molecule has 0 amide bonds. The van der Waals surface area contributed by atoms with E-state index in [-0.39, 0.29) is 37.0 Å². The molecule has 2 aromatic carbocycles. The maximum atomic E-state index is 10.3. The lowest BCUT2D eigenvalue weighted by molar-refractivity contribution is 0.122. The first kappa shape index (κ1) is 19.4. The summed E-state index contributed by atoms with van der Waals surface area (Å²) in [6.45, 7) is 0.582. The number of phenolic OH excluding ortho intramolecular Hbond substituents is 1. The normalized spacial score (nSPS) is 19.4. The molecule has 29 heavy (non-hydrogen) atoms. The second-order valence-corrected chi connectivity index (χ2v) is 6.69. The number of hydrogen-bond donors (Lipinski definition) is 4. The van der Waals surface area contributed by atoms with Crippen molar-refractivity contribution < 1.29 is 34.0 Å². The smallest absolute Gasteiger partial charge is 0.231 e. The van der Waals surface area contributed by atoms with Crippen LogP contribution in [0.5, 0.6) is 34.5 Å². The van der Waals surface area contributed by atoms with E-state index in [1.807, 2.05) is 12.1 Å². The number of aromatic hydroxyl groups is 1. The first-order valence-corrected chi connectivity index (χ1v) is 9.33. The summed E-state index contributed by atoms with van der Waals surface area (Å²) < 4.78 is 22.4. The molecule has 0 aliphatic carbocycles. The molecule has 2 unspecified atom stereocenters. The summed E-state index contributed by atoms with van der Waals surface area (Å²) in [4.78, 5) is 5.36. The minimum absolute atomic E-state index is 0.00567. The molecule has 0 spiro atoms. The third kappa shape index (κ3) is 3.71. The maximum Gasteiger partial charge on any atom is 0.231 e. The summed E-state index contributed by atoms with van der Waals surface area (Å²) in [6.07, 6.45) is 0.285. The van der Waals surface area contributed by atoms with E-state index in [9.17, 15) is 10.2 Å².